The van der Waals surface area contributed by atoms with Crippen molar-refractivity contribution in [1.29, 1.82) is 0 Å². The molecule has 3 heteroatoms. The summed E-state index contributed by atoms with van der Waals surface area (Å²) in [7, 11) is 0. The number of anilines is 1. The van der Waals surface area contributed by atoms with Crippen molar-refractivity contribution in [1.82, 2.24) is 9.97 Å². The molecular weight excluding hydrogens is 246 g/mol. The highest BCUT2D eigenvalue weighted by Crippen LogP contribution is 2.57. The molecule has 4 aliphatic carbocycles. The van der Waals surface area contributed by atoms with Gasteiger partial charge in [-0.1, -0.05) is 0 Å². The van der Waals surface area contributed by atoms with E-state index in [-0.39, 0.29) is 0 Å². The third kappa shape index (κ3) is 1.94. The molecule has 5 rings (SSSR count). The van der Waals surface area contributed by atoms with Crippen molar-refractivity contribution in [3.63, 3.8) is 0 Å². The maximum atomic E-state index is 5.76. The Morgan fingerprint density at radius 1 is 0.900 bits per heavy atom. The Bertz CT molecular complexity index is 486. The van der Waals surface area contributed by atoms with Crippen LogP contribution in [0.2, 0.25) is 0 Å². The smallest absolute Gasteiger partial charge is 0.220 e. The maximum Gasteiger partial charge on any atom is 0.220 e. The molecule has 0 aromatic carbocycles. The zero-order valence-corrected chi connectivity index (χ0v) is 12.6. The molecule has 4 fully saturated rings. The van der Waals surface area contributed by atoms with Crippen LogP contribution in [0.3, 0.4) is 0 Å². The first-order valence-electron chi connectivity index (χ1n) is 8.19. The highest BCUT2D eigenvalue weighted by Gasteiger charge is 2.48. The van der Waals surface area contributed by atoms with Gasteiger partial charge in [0, 0.05) is 11.4 Å². The average molecular weight is 271 g/mol. The van der Waals surface area contributed by atoms with Gasteiger partial charge in [-0.3, -0.25) is 0 Å². The summed E-state index contributed by atoms with van der Waals surface area (Å²) in [6, 6.07) is 0. The van der Waals surface area contributed by atoms with E-state index in [9.17, 15) is 0 Å². The lowest BCUT2D eigenvalue weighted by Crippen LogP contribution is -2.45. The van der Waals surface area contributed by atoms with Crippen molar-refractivity contribution in [2.24, 2.45) is 29.6 Å². The molecule has 1 heterocycles. The Morgan fingerprint density at radius 3 is 1.90 bits per heavy atom. The largest absolute Gasteiger partial charge is 0.368 e. The molecule has 0 spiro atoms. The average Bonchev–Trinajstić information content (AvgIpc) is 2.35. The SMILES string of the molecule is Cc1nc(N)nc(C)c1CC1C2CC3CC(C2)CC1C3. The zero-order valence-electron chi connectivity index (χ0n) is 12.6. The van der Waals surface area contributed by atoms with Crippen molar-refractivity contribution in [2.75, 3.05) is 5.73 Å². The molecule has 0 aliphatic heterocycles. The Morgan fingerprint density at radius 2 is 1.40 bits per heavy atom. The number of nitrogens with zero attached hydrogens (tertiary/aromatic N) is 2. The normalized spacial score (nSPS) is 38.4. The van der Waals surface area contributed by atoms with Gasteiger partial charge in [0.25, 0.3) is 0 Å². The standard InChI is InChI=1S/C17H25N3/c1-9-15(10(2)20-17(18)19-9)8-16-13-4-11-3-12(6-13)7-14(16)5-11/h11-14,16H,3-8H2,1-2H3,(H2,18,19,20). The second kappa shape index (κ2) is 4.44. The number of aromatic nitrogens is 2. The molecule has 0 saturated heterocycles. The lowest BCUT2D eigenvalue weighted by molar-refractivity contribution is -0.0361. The van der Waals surface area contributed by atoms with Crippen LogP contribution in [0.15, 0.2) is 0 Å². The van der Waals surface area contributed by atoms with E-state index in [1.807, 2.05) is 0 Å². The van der Waals surface area contributed by atoms with Gasteiger partial charge in [-0.15, -0.1) is 0 Å². The van der Waals surface area contributed by atoms with E-state index >= 15 is 0 Å². The summed E-state index contributed by atoms with van der Waals surface area (Å²) in [5, 5.41) is 0. The summed E-state index contributed by atoms with van der Waals surface area (Å²) in [6.45, 7) is 4.19. The molecule has 4 saturated carbocycles. The summed E-state index contributed by atoms with van der Waals surface area (Å²) >= 11 is 0. The van der Waals surface area contributed by atoms with Crippen molar-refractivity contribution in [2.45, 2.75) is 52.4 Å². The zero-order chi connectivity index (χ0) is 13.9. The topological polar surface area (TPSA) is 51.8 Å². The molecule has 1 aromatic heterocycles. The van der Waals surface area contributed by atoms with Crippen LogP contribution in [0.25, 0.3) is 0 Å². The third-order valence-electron chi connectivity index (χ3n) is 6.30. The molecule has 1 aromatic rings. The van der Waals surface area contributed by atoms with Crippen LogP contribution in [0.4, 0.5) is 5.95 Å². The van der Waals surface area contributed by atoms with E-state index in [1.54, 1.807) is 0 Å². The molecule has 2 N–H and O–H groups in total. The Labute approximate surface area is 121 Å². The predicted octanol–water partition coefficient (Wildman–Crippen LogP) is 3.29. The van der Waals surface area contributed by atoms with Gasteiger partial charge in [0.05, 0.1) is 0 Å². The maximum absolute atomic E-state index is 5.76. The second-order valence-corrected chi connectivity index (χ2v) is 7.53. The van der Waals surface area contributed by atoms with Crippen molar-refractivity contribution >= 4 is 5.95 Å². The monoisotopic (exact) mass is 271 g/mol. The van der Waals surface area contributed by atoms with Crippen molar-refractivity contribution in [3.05, 3.63) is 17.0 Å². The van der Waals surface area contributed by atoms with Crippen LogP contribution >= 0.6 is 0 Å². The van der Waals surface area contributed by atoms with Gasteiger partial charge in [0.15, 0.2) is 0 Å². The van der Waals surface area contributed by atoms with Crippen LogP contribution in [-0.4, -0.2) is 9.97 Å². The summed E-state index contributed by atoms with van der Waals surface area (Å²) in [6.07, 6.45) is 8.68. The Kier molecular flexibility index (Phi) is 2.80. The molecule has 108 valence electrons. The molecule has 0 amide bonds. The van der Waals surface area contributed by atoms with Gasteiger partial charge in [-0.05, 0) is 87.5 Å². The molecular formula is C17H25N3. The summed E-state index contributed by atoms with van der Waals surface area (Å²) in [5.41, 5.74) is 9.33. The number of rotatable bonds is 2. The number of nitrogen functional groups attached to an aromatic ring is 1. The Hall–Kier alpha value is -1.12. The lowest BCUT2D eigenvalue weighted by atomic mass is 9.51. The molecule has 4 aliphatic rings. The van der Waals surface area contributed by atoms with Crippen LogP contribution in [0.1, 0.15) is 49.1 Å². The van der Waals surface area contributed by atoms with E-state index in [2.05, 4.69) is 23.8 Å². The molecule has 4 bridgehead atoms. The fraction of sp³-hybridized carbons (Fsp3) is 0.765. The summed E-state index contributed by atoms with van der Waals surface area (Å²) in [4.78, 5) is 8.77. The fourth-order valence-electron chi connectivity index (χ4n) is 5.67. The molecule has 0 radical (unpaired) electrons. The van der Waals surface area contributed by atoms with E-state index in [4.69, 9.17) is 5.73 Å². The van der Waals surface area contributed by atoms with Gasteiger partial charge in [0.1, 0.15) is 0 Å². The minimum atomic E-state index is 0.425. The first-order chi connectivity index (χ1) is 9.60. The van der Waals surface area contributed by atoms with Crippen LogP contribution in [-0.2, 0) is 6.42 Å². The minimum absolute atomic E-state index is 0.425. The highest BCUT2D eigenvalue weighted by atomic mass is 15.0. The van der Waals surface area contributed by atoms with Crippen molar-refractivity contribution < 1.29 is 0 Å². The lowest BCUT2D eigenvalue weighted by Gasteiger charge is -2.54. The number of hydrogen-bond donors (Lipinski definition) is 1. The number of aryl methyl sites for hydroxylation is 2. The first-order valence-corrected chi connectivity index (χ1v) is 8.19. The summed E-state index contributed by atoms with van der Waals surface area (Å²) in [5.74, 6) is 5.36. The molecule has 0 unspecified atom stereocenters. The van der Waals surface area contributed by atoms with E-state index in [0.29, 0.717) is 5.95 Å². The quantitative estimate of drug-likeness (QED) is 0.898. The van der Waals surface area contributed by atoms with Crippen LogP contribution in [0.5, 0.6) is 0 Å². The number of nitrogens with two attached hydrogens (primary N) is 1. The van der Waals surface area contributed by atoms with Crippen LogP contribution in [0, 0.1) is 43.4 Å². The van der Waals surface area contributed by atoms with Gasteiger partial charge in [0.2, 0.25) is 5.95 Å². The van der Waals surface area contributed by atoms with Gasteiger partial charge < -0.3 is 5.73 Å². The molecule has 3 nitrogen and oxygen atoms in total. The van der Waals surface area contributed by atoms with Gasteiger partial charge in [-0.2, -0.15) is 0 Å². The van der Waals surface area contributed by atoms with Crippen LogP contribution < -0.4 is 5.73 Å². The Balaban J connectivity index is 1.61. The van der Waals surface area contributed by atoms with E-state index < -0.39 is 0 Å². The van der Waals surface area contributed by atoms with Gasteiger partial charge in [-0.25, -0.2) is 9.97 Å². The van der Waals surface area contributed by atoms with Crippen molar-refractivity contribution in [3.8, 4) is 0 Å². The predicted molar refractivity (Wildman–Crippen MR) is 80.2 cm³/mol. The fourth-order valence-corrected chi connectivity index (χ4v) is 5.67. The summed E-state index contributed by atoms with van der Waals surface area (Å²) < 4.78 is 0. The second-order valence-electron chi connectivity index (χ2n) is 7.53. The number of hydrogen-bond acceptors (Lipinski definition) is 3. The van der Waals surface area contributed by atoms with Gasteiger partial charge >= 0.3 is 0 Å². The molecule has 0 atom stereocenters. The van der Waals surface area contributed by atoms with E-state index in [0.717, 1.165) is 41.0 Å². The molecule has 20 heavy (non-hydrogen) atoms. The highest BCUT2D eigenvalue weighted by molar-refractivity contribution is 5.31. The minimum Gasteiger partial charge on any atom is -0.368 e. The third-order valence-corrected chi connectivity index (χ3v) is 6.30. The first kappa shape index (κ1) is 12.6. The van der Waals surface area contributed by atoms with E-state index in [1.165, 1.54) is 44.1 Å².